The molecule has 0 aliphatic carbocycles. The fourth-order valence-corrected chi connectivity index (χ4v) is 3.44. The second-order valence-electron chi connectivity index (χ2n) is 7.31. The molecule has 2 aromatic carbocycles. The smallest absolute Gasteiger partial charge is 0.229 e. The summed E-state index contributed by atoms with van der Waals surface area (Å²) in [4.78, 5) is 12.9. The van der Waals surface area contributed by atoms with E-state index in [9.17, 15) is 40.5 Å². The molecule has 2 heterocycles. The minimum absolute atomic E-state index is 0.0298. The highest BCUT2D eigenvalue weighted by Gasteiger charge is 2.45. The molecule has 4 rings (SSSR count). The van der Waals surface area contributed by atoms with E-state index in [4.69, 9.17) is 13.9 Å². The van der Waals surface area contributed by atoms with Gasteiger partial charge >= 0.3 is 0 Å². The second-order valence-corrected chi connectivity index (χ2v) is 7.31. The largest absolute Gasteiger partial charge is 0.508 e. The molecule has 0 spiro atoms. The molecule has 1 saturated heterocycles. The fourth-order valence-electron chi connectivity index (χ4n) is 3.44. The second kappa shape index (κ2) is 8.30. The van der Waals surface area contributed by atoms with E-state index in [1.54, 1.807) is 0 Å². The van der Waals surface area contributed by atoms with Crippen LogP contribution in [0.15, 0.2) is 45.6 Å². The molecule has 0 unspecified atom stereocenters. The van der Waals surface area contributed by atoms with Crippen molar-refractivity contribution in [2.24, 2.45) is 0 Å². The summed E-state index contributed by atoms with van der Waals surface area (Å²) in [6.07, 6.45) is -7.82. The van der Waals surface area contributed by atoms with E-state index < -0.39 is 48.5 Å². The number of hydrogen-bond acceptors (Lipinski definition) is 11. The lowest BCUT2D eigenvalue weighted by molar-refractivity contribution is -0.277. The maximum atomic E-state index is 12.9. The maximum absolute atomic E-state index is 12.9. The standard InChI is InChI=1S/C21H20O11/c22-7-16-18(27)19(28)20(29)21(32-16)31-15-5-9(23)4-14-17(15)12(26)6-13(30-14)8-1-2-10(24)11(25)3-8/h1-6,16,18-25,27-29H,7H2/t16-,18-,19+,20-,21-/m0/s1. The first-order chi connectivity index (χ1) is 15.2. The van der Waals surface area contributed by atoms with Crippen molar-refractivity contribution in [2.75, 3.05) is 6.61 Å². The fraction of sp³-hybridized carbons (Fsp3) is 0.286. The number of aliphatic hydroxyl groups excluding tert-OH is 4. The van der Waals surface area contributed by atoms with Crippen molar-refractivity contribution in [3.63, 3.8) is 0 Å². The van der Waals surface area contributed by atoms with Crippen LogP contribution in [0.25, 0.3) is 22.3 Å². The first-order valence-corrected chi connectivity index (χ1v) is 9.50. The van der Waals surface area contributed by atoms with Crippen LogP contribution in [-0.4, -0.2) is 73.1 Å². The zero-order valence-electron chi connectivity index (χ0n) is 16.3. The summed E-state index contributed by atoms with van der Waals surface area (Å²) < 4.78 is 16.5. The average molecular weight is 448 g/mol. The molecule has 0 saturated carbocycles. The van der Waals surface area contributed by atoms with Gasteiger partial charge in [-0.3, -0.25) is 4.79 Å². The van der Waals surface area contributed by atoms with E-state index >= 15 is 0 Å². The van der Waals surface area contributed by atoms with Crippen LogP contribution in [-0.2, 0) is 4.74 Å². The molecule has 0 radical (unpaired) electrons. The number of rotatable bonds is 4. The zero-order chi connectivity index (χ0) is 23.2. The van der Waals surface area contributed by atoms with E-state index in [-0.39, 0.29) is 39.5 Å². The van der Waals surface area contributed by atoms with Crippen molar-refractivity contribution in [2.45, 2.75) is 30.7 Å². The molecule has 0 bridgehead atoms. The monoisotopic (exact) mass is 448 g/mol. The predicted octanol–water partition coefficient (Wildman–Crippen LogP) is -0.245. The molecule has 11 nitrogen and oxygen atoms in total. The van der Waals surface area contributed by atoms with Crippen molar-refractivity contribution in [1.29, 1.82) is 0 Å². The zero-order valence-corrected chi connectivity index (χ0v) is 16.3. The van der Waals surface area contributed by atoms with Crippen molar-refractivity contribution < 1.29 is 49.6 Å². The molecule has 170 valence electrons. The molecule has 1 aromatic heterocycles. The van der Waals surface area contributed by atoms with Gasteiger partial charge in [0.05, 0.1) is 6.61 Å². The van der Waals surface area contributed by atoms with Gasteiger partial charge in [0.1, 0.15) is 52.6 Å². The van der Waals surface area contributed by atoms with E-state index in [1.165, 1.54) is 18.2 Å². The van der Waals surface area contributed by atoms with E-state index in [1.807, 2.05) is 0 Å². The van der Waals surface area contributed by atoms with Crippen molar-refractivity contribution in [3.05, 3.63) is 46.6 Å². The SMILES string of the molecule is O=c1cc(-c2ccc(O)c(O)c2)oc2cc(O)cc(O[C@H]3O[C@@H](CO)[C@H](O)[C@@H](O)[C@@H]3O)c12. The van der Waals surface area contributed by atoms with E-state index in [0.29, 0.717) is 0 Å². The third kappa shape index (κ3) is 3.83. The van der Waals surface area contributed by atoms with Gasteiger partial charge in [0, 0.05) is 23.8 Å². The maximum Gasteiger partial charge on any atom is 0.229 e. The van der Waals surface area contributed by atoms with Crippen LogP contribution in [0.2, 0.25) is 0 Å². The molecule has 32 heavy (non-hydrogen) atoms. The van der Waals surface area contributed by atoms with Gasteiger partial charge in [0.15, 0.2) is 16.9 Å². The van der Waals surface area contributed by atoms with Gasteiger partial charge in [-0.1, -0.05) is 0 Å². The summed E-state index contributed by atoms with van der Waals surface area (Å²) in [5.41, 5.74) is -0.424. The lowest BCUT2D eigenvalue weighted by Crippen LogP contribution is -2.60. The van der Waals surface area contributed by atoms with Gasteiger partial charge in [0.25, 0.3) is 0 Å². The molecule has 0 amide bonds. The summed E-state index contributed by atoms with van der Waals surface area (Å²) in [5.74, 6) is -1.34. The summed E-state index contributed by atoms with van der Waals surface area (Å²) in [5, 5.41) is 68.4. The van der Waals surface area contributed by atoms with Crippen molar-refractivity contribution >= 4 is 11.0 Å². The van der Waals surface area contributed by atoms with Crippen LogP contribution in [0.5, 0.6) is 23.0 Å². The minimum atomic E-state index is -1.73. The van der Waals surface area contributed by atoms with Crippen molar-refractivity contribution in [3.8, 4) is 34.3 Å². The Labute approximate surface area is 179 Å². The lowest BCUT2D eigenvalue weighted by atomic mass is 9.99. The van der Waals surface area contributed by atoms with Gasteiger partial charge in [-0.15, -0.1) is 0 Å². The van der Waals surface area contributed by atoms with Gasteiger partial charge in [-0.2, -0.15) is 0 Å². The van der Waals surface area contributed by atoms with Crippen LogP contribution >= 0.6 is 0 Å². The van der Waals surface area contributed by atoms with Gasteiger partial charge in [-0.25, -0.2) is 0 Å². The molecule has 5 atom stereocenters. The Kier molecular flexibility index (Phi) is 5.67. The van der Waals surface area contributed by atoms with E-state index in [0.717, 1.165) is 18.2 Å². The Balaban J connectivity index is 1.76. The molecule has 1 aliphatic rings. The summed E-state index contributed by atoms with van der Waals surface area (Å²) in [6.45, 7) is -0.670. The van der Waals surface area contributed by atoms with Gasteiger partial charge in [-0.05, 0) is 18.2 Å². The molecule has 7 N–H and O–H groups in total. The number of benzene rings is 2. The third-order valence-corrected chi connectivity index (χ3v) is 5.13. The number of hydrogen-bond donors (Lipinski definition) is 7. The van der Waals surface area contributed by atoms with Gasteiger partial charge in [0.2, 0.25) is 6.29 Å². The molecular formula is C21H20O11. The highest BCUT2D eigenvalue weighted by atomic mass is 16.7. The first-order valence-electron chi connectivity index (χ1n) is 9.50. The topological polar surface area (TPSA) is 190 Å². The number of ether oxygens (including phenoxy) is 2. The van der Waals surface area contributed by atoms with Crippen LogP contribution in [0.3, 0.4) is 0 Å². The molecular weight excluding hydrogens is 428 g/mol. The Bertz CT molecular complexity index is 1200. The number of fused-ring (bicyclic) bond motifs is 1. The molecule has 11 heteroatoms. The lowest BCUT2D eigenvalue weighted by Gasteiger charge is -2.39. The minimum Gasteiger partial charge on any atom is -0.508 e. The number of aliphatic hydroxyl groups is 4. The van der Waals surface area contributed by atoms with Crippen LogP contribution < -0.4 is 10.2 Å². The highest BCUT2D eigenvalue weighted by molar-refractivity contribution is 5.86. The Hall–Kier alpha value is -3.35. The van der Waals surface area contributed by atoms with Crippen molar-refractivity contribution in [1.82, 2.24) is 0 Å². The normalized spacial score (nSPS) is 25.7. The number of aromatic hydroxyl groups is 3. The predicted molar refractivity (Wildman–Crippen MR) is 107 cm³/mol. The highest BCUT2D eigenvalue weighted by Crippen LogP contribution is 2.35. The Morgan fingerprint density at radius 1 is 0.906 bits per heavy atom. The van der Waals surface area contributed by atoms with Crippen LogP contribution in [0.4, 0.5) is 0 Å². The quantitative estimate of drug-likeness (QED) is 0.261. The molecule has 1 aliphatic heterocycles. The molecule has 3 aromatic rings. The summed E-state index contributed by atoms with van der Waals surface area (Å²) in [7, 11) is 0. The Morgan fingerprint density at radius 3 is 2.34 bits per heavy atom. The van der Waals surface area contributed by atoms with Gasteiger partial charge < -0.3 is 49.6 Å². The van der Waals surface area contributed by atoms with Crippen LogP contribution in [0.1, 0.15) is 0 Å². The van der Waals surface area contributed by atoms with E-state index in [2.05, 4.69) is 0 Å². The number of phenolic OH excluding ortho intramolecular Hbond substituents is 3. The first kappa shape index (κ1) is 21.9. The molecule has 1 fully saturated rings. The Morgan fingerprint density at radius 2 is 1.66 bits per heavy atom. The summed E-state index contributed by atoms with van der Waals surface area (Å²) >= 11 is 0. The third-order valence-electron chi connectivity index (χ3n) is 5.13. The number of phenols is 3. The average Bonchev–Trinajstić information content (AvgIpc) is 2.75. The van der Waals surface area contributed by atoms with Crippen LogP contribution in [0, 0.1) is 0 Å². The summed E-state index contributed by atoms with van der Waals surface area (Å²) in [6, 6.07) is 7.14.